The Morgan fingerprint density at radius 2 is 2.13 bits per heavy atom. The Bertz CT molecular complexity index is 670. The molecule has 23 heavy (non-hydrogen) atoms. The molecular formula is C17H22N4OS. The molecule has 1 saturated heterocycles. The van der Waals surface area contributed by atoms with E-state index in [0.29, 0.717) is 11.2 Å². The van der Waals surface area contributed by atoms with Gasteiger partial charge in [-0.1, -0.05) is 55.0 Å². The van der Waals surface area contributed by atoms with E-state index in [4.69, 9.17) is 0 Å². The van der Waals surface area contributed by atoms with Crippen LogP contribution in [0.15, 0.2) is 30.3 Å². The number of hydrogen-bond acceptors (Lipinski definition) is 5. The summed E-state index contributed by atoms with van der Waals surface area (Å²) in [4.78, 5) is 18.0. The third kappa shape index (κ3) is 3.77. The molecule has 0 spiro atoms. The summed E-state index contributed by atoms with van der Waals surface area (Å²) in [6.45, 7) is 4.12. The van der Waals surface area contributed by atoms with Gasteiger partial charge < -0.3 is 5.32 Å². The van der Waals surface area contributed by atoms with Gasteiger partial charge in [0.15, 0.2) is 5.13 Å². The van der Waals surface area contributed by atoms with E-state index in [1.165, 1.54) is 11.3 Å². The van der Waals surface area contributed by atoms with Crippen LogP contribution in [0.2, 0.25) is 0 Å². The van der Waals surface area contributed by atoms with Crippen LogP contribution < -0.4 is 16.2 Å². The maximum absolute atomic E-state index is 12.4. The molecule has 1 aromatic heterocycles. The van der Waals surface area contributed by atoms with Crippen LogP contribution in [0.3, 0.4) is 0 Å². The second-order valence-corrected chi connectivity index (χ2v) is 6.85. The molecule has 122 valence electrons. The summed E-state index contributed by atoms with van der Waals surface area (Å²) in [5.74, 6) is -0.0236. The summed E-state index contributed by atoms with van der Waals surface area (Å²) < 4.78 is 0. The average molecular weight is 330 g/mol. The van der Waals surface area contributed by atoms with Crippen molar-refractivity contribution in [3.63, 3.8) is 0 Å². The van der Waals surface area contributed by atoms with Crippen LogP contribution in [0.1, 0.15) is 31.9 Å². The van der Waals surface area contributed by atoms with Gasteiger partial charge >= 0.3 is 0 Å². The summed E-state index contributed by atoms with van der Waals surface area (Å²) in [6.07, 6.45) is 3.00. The highest BCUT2D eigenvalue weighted by Gasteiger charge is 2.29. The van der Waals surface area contributed by atoms with E-state index in [2.05, 4.69) is 40.2 Å². The second kappa shape index (κ2) is 7.21. The van der Waals surface area contributed by atoms with E-state index in [1.54, 1.807) is 0 Å². The van der Waals surface area contributed by atoms with Crippen molar-refractivity contribution in [3.8, 4) is 10.4 Å². The number of nitrogens with one attached hydrogen (secondary N) is 3. The average Bonchev–Trinajstić information content (AvgIpc) is 3.15. The van der Waals surface area contributed by atoms with E-state index in [0.717, 1.165) is 35.4 Å². The van der Waals surface area contributed by atoms with Crippen molar-refractivity contribution in [2.45, 2.75) is 45.2 Å². The lowest BCUT2D eigenvalue weighted by atomic mass is 10.1. The van der Waals surface area contributed by atoms with Gasteiger partial charge in [-0.25, -0.2) is 10.4 Å². The fraction of sp³-hybridized carbons (Fsp3) is 0.412. The lowest BCUT2D eigenvalue weighted by Crippen LogP contribution is -2.40. The largest absolute Gasteiger partial charge is 0.301 e. The summed E-state index contributed by atoms with van der Waals surface area (Å²) in [7, 11) is 0. The van der Waals surface area contributed by atoms with Gasteiger partial charge in [-0.05, 0) is 25.3 Å². The molecule has 1 amide bonds. The molecule has 0 radical (unpaired) electrons. The van der Waals surface area contributed by atoms with Gasteiger partial charge in [0.05, 0.1) is 10.6 Å². The summed E-state index contributed by atoms with van der Waals surface area (Å²) >= 11 is 1.52. The van der Waals surface area contributed by atoms with Crippen molar-refractivity contribution in [2.75, 3.05) is 5.32 Å². The highest BCUT2D eigenvalue weighted by molar-refractivity contribution is 7.19. The highest BCUT2D eigenvalue weighted by atomic mass is 32.1. The number of aryl methyl sites for hydroxylation is 1. The van der Waals surface area contributed by atoms with Crippen LogP contribution in [0.4, 0.5) is 5.13 Å². The van der Waals surface area contributed by atoms with Gasteiger partial charge in [-0.15, -0.1) is 0 Å². The Morgan fingerprint density at radius 1 is 1.35 bits per heavy atom. The van der Waals surface area contributed by atoms with Crippen LogP contribution in [0.25, 0.3) is 10.4 Å². The third-order valence-corrected chi connectivity index (χ3v) is 5.12. The first-order chi connectivity index (χ1) is 11.2. The number of carbonyl (C=O) groups is 1. The number of carbonyl (C=O) groups excluding carboxylic acids is 1. The minimum atomic E-state index is -0.198. The molecule has 1 aliphatic heterocycles. The van der Waals surface area contributed by atoms with Crippen molar-refractivity contribution < 1.29 is 4.79 Å². The molecule has 1 aromatic carbocycles. The molecule has 2 heterocycles. The van der Waals surface area contributed by atoms with Gasteiger partial charge in [-0.3, -0.25) is 10.2 Å². The molecule has 1 fully saturated rings. The Balaban J connectivity index is 1.66. The maximum atomic E-state index is 12.4. The summed E-state index contributed by atoms with van der Waals surface area (Å²) in [6, 6.07) is 10.3. The number of hydrogen-bond donors (Lipinski definition) is 3. The number of aromatic nitrogens is 1. The smallest absolute Gasteiger partial charge is 0.244 e. The van der Waals surface area contributed by atoms with Gasteiger partial charge in [0.2, 0.25) is 5.91 Å². The quantitative estimate of drug-likeness (QED) is 0.788. The minimum absolute atomic E-state index is 0.0236. The highest BCUT2D eigenvalue weighted by Crippen LogP contribution is 2.32. The summed E-state index contributed by atoms with van der Waals surface area (Å²) in [5.41, 5.74) is 8.34. The van der Waals surface area contributed by atoms with Crippen LogP contribution in [-0.4, -0.2) is 23.0 Å². The minimum Gasteiger partial charge on any atom is -0.301 e. The van der Waals surface area contributed by atoms with Gasteiger partial charge in [0.25, 0.3) is 0 Å². The zero-order valence-corrected chi connectivity index (χ0v) is 14.2. The fourth-order valence-corrected chi connectivity index (χ4v) is 3.81. The molecule has 1 aliphatic rings. The summed E-state index contributed by atoms with van der Waals surface area (Å²) in [5, 5.41) is 3.60. The van der Waals surface area contributed by atoms with Crippen LogP contribution in [0, 0.1) is 6.92 Å². The predicted octanol–water partition coefficient (Wildman–Crippen LogP) is 3.09. The maximum Gasteiger partial charge on any atom is 0.244 e. The molecule has 6 heteroatoms. The topological polar surface area (TPSA) is 66.0 Å². The Hall–Kier alpha value is -1.76. The van der Waals surface area contributed by atoms with Gasteiger partial charge in [0, 0.05) is 6.04 Å². The van der Waals surface area contributed by atoms with Crippen molar-refractivity contribution in [3.05, 3.63) is 36.0 Å². The SMILES string of the molecule is CCCC1CC(C(=O)Nc2nc(C)c(-c3ccccc3)s2)NN1. The van der Waals surface area contributed by atoms with Crippen molar-refractivity contribution in [1.29, 1.82) is 0 Å². The first kappa shape index (κ1) is 16.1. The van der Waals surface area contributed by atoms with E-state index in [-0.39, 0.29) is 11.9 Å². The predicted molar refractivity (Wildman–Crippen MR) is 94.3 cm³/mol. The molecule has 3 N–H and O–H groups in total. The Kier molecular flexibility index (Phi) is 5.05. The van der Waals surface area contributed by atoms with Gasteiger partial charge in [-0.2, -0.15) is 0 Å². The Morgan fingerprint density at radius 3 is 2.87 bits per heavy atom. The van der Waals surface area contributed by atoms with E-state index < -0.39 is 0 Å². The number of benzene rings is 1. The standard InChI is InChI=1S/C17H22N4OS/c1-3-7-13-10-14(21-20-13)16(22)19-17-18-11(2)15(23-17)12-8-5-4-6-9-12/h4-6,8-9,13-14,20-21H,3,7,10H2,1-2H3,(H,18,19,22). The normalized spacial score (nSPS) is 20.6. The lowest BCUT2D eigenvalue weighted by Gasteiger charge is -2.08. The van der Waals surface area contributed by atoms with E-state index >= 15 is 0 Å². The number of nitrogens with zero attached hydrogens (tertiary/aromatic N) is 1. The number of amides is 1. The zero-order chi connectivity index (χ0) is 16.2. The molecular weight excluding hydrogens is 308 g/mol. The number of thiazole rings is 1. The first-order valence-electron chi connectivity index (χ1n) is 8.02. The number of rotatable bonds is 5. The first-order valence-corrected chi connectivity index (χ1v) is 8.83. The molecule has 3 rings (SSSR count). The molecule has 5 nitrogen and oxygen atoms in total. The molecule has 0 aliphatic carbocycles. The third-order valence-electron chi connectivity index (χ3n) is 4.00. The fourth-order valence-electron chi connectivity index (χ4n) is 2.83. The van der Waals surface area contributed by atoms with Gasteiger partial charge in [0.1, 0.15) is 6.04 Å². The molecule has 2 aromatic rings. The number of hydrazine groups is 1. The Labute approximate surface area is 140 Å². The van der Waals surface area contributed by atoms with Crippen molar-refractivity contribution >= 4 is 22.4 Å². The van der Waals surface area contributed by atoms with Crippen LogP contribution in [0.5, 0.6) is 0 Å². The lowest BCUT2D eigenvalue weighted by molar-refractivity contribution is -0.117. The van der Waals surface area contributed by atoms with E-state index in [9.17, 15) is 4.79 Å². The monoisotopic (exact) mass is 330 g/mol. The molecule has 0 bridgehead atoms. The number of anilines is 1. The van der Waals surface area contributed by atoms with Crippen molar-refractivity contribution in [2.24, 2.45) is 0 Å². The zero-order valence-electron chi connectivity index (χ0n) is 13.4. The van der Waals surface area contributed by atoms with Crippen LogP contribution in [-0.2, 0) is 4.79 Å². The molecule has 2 atom stereocenters. The van der Waals surface area contributed by atoms with Crippen LogP contribution >= 0.6 is 11.3 Å². The molecule has 0 saturated carbocycles. The van der Waals surface area contributed by atoms with Crippen molar-refractivity contribution in [1.82, 2.24) is 15.8 Å². The molecule has 2 unspecified atom stereocenters. The second-order valence-electron chi connectivity index (χ2n) is 5.85. The van der Waals surface area contributed by atoms with E-state index in [1.807, 2.05) is 25.1 Å².